The zero-order valence-electron chi connectivity index (χ0n) is 13.5. The number of nitrogens with zero attached hydrogens (tertiary/aromatic N) is 2. The molecule has 2 aliphatic heterocycles. The first-order chi connectivity index (χ1) is 9.64. The fourth-order valence-electron chi connectivity index (χ4n) is 5.13. The molecular formula is C17H33N3. The molecule has 2 atom stereocenters. The second-order valence-electron chi connectivity index (χ2n) is 7.77. The van der Waals surface area contributed by atoms with Crippen molar-refractivity contribution in [3.05, 3.63) is 0 Å². The van der Waals surface area contributed by atoms with Gasteiger partial charge in [-0.3, -0.25) is 4.90 Å². The van der Waals surface area contributed by atoms with E-state index in [4.69, 9.17) is 5.73 Å². The highest BCUT2D eigenvalue weighted by Crippen LogP contribution is 2.42. The van der Waals surface area contributed by atoms with Crippen LogP contribution in [0, 0.1) is 5.92 Å². The van der Waals surface area contributed by atoms with Crippen LogP contribution in [0.15, 0.2) is 0 Å². The Balaban J connectivity index is 1.66. The summed E-state index contributed by atoms with van der Waals surface area (Å²) in [5, 5.41) is 0. The molecule has 1 saturated carbocycles. The van der Waals surface area contributed by atoms with E-state index in [0.29, 0.717) is 0 Å². The Bertz CT molecular complexity index is 310. The molecule has 116 valence electrons. The molecule has 0 amide bonds. The molecule has 2 bridgehead atoms. The standard InChI is InChI=1S/C17H33N3/c1-19(12-14-6-4-3-5-7-14)17(13-18)10-15-8-9-16(11-17)20(15)2/h14-16H,3-13,18H2,1-2H3. The summed E-state index contributed by atoms with van der Waals surface area (Å²) < 4.78 is 0. The van der Waals surface area contributed by atoms with E-state index in [1.807, 2.05) is 0 Å². The summed E-state index contributed by atoms with van der Waals surface area (Å²) in [7, 11) is 4.68. The van der Waals surface area contributed by atoms with E-state index in [0.717, 1.165) is 24.5 Å². The lowest BCUT2D eigenvalue weighted by atomic mass is 9.80. The van der Waals surface area contributed by atoms with Crippen molar-refractivity contribution in [3.63, 3.8) is 0 Å². The van der Waals surface area contributed by atoms with Crippen LogP contribution in [0.1, 0.15) is 57.8 Å². The van der Waals surface area contributed by atoms with Gasteiger partial charge in [-0.15, -0.1) is 0 Å². The molecule has 20 heavy (non-hydrogen) atoms. The Hall–Kier alpha value is -0.120. The second-order valence-corrected chi connectivity index (χ2v) is 7.77. The van der Waals surface area contributed by atoms with Crippen molar-refractivity contribution < 1.29 is 0 Å². The Morgan fingerprint density at radius 1 is 1.05 bits per heavy atom. The summed E-state index contributed by atoms with van der Waals surface area (Å²) in [6.45, 7) is 2.12. The largest absolute Gasteiger partial charge is 0.329 e. The quantitative estimate of drug-likeness (QED) is 0.858. The lowest BCUT2D eigenvalue weighted by Crippen LogP contribution is -2.61. The predicted octanol–water partition coefficient (Wildman–Crippen LogP) is 2.45. The molecule has 0 spiro atoms. The number of rotatable bonds is 4. The van der Waals surface area contributed by atoms with Crippen LogP contribution in [0.5, 0.6) is 0 Å². The van der Waals surface area contributed by atoms with Gasteiger partial charge in [0.25, 0.3) is 0 Å². The van der Waals surface area contributed by atoms with Crippen molar-refractivity contribution in [2.45, 2.75) is 75.4 Å². The van der Waals surface area contributed by atoms with Crippen LogP contribution in [0.4, 0.5) is 0 Å². The smallest absolute Gasteiger partial charge is 0.0358 e. The summed E-state index contributed by atoms with van der Waals surface area (Å²) in [5.74, 6) is 0.925. The van der Waals surface area contributed by atoms with Crippen LogP contribution >= 0.6 is 0 Å². The summed E-state index contributed by atoms with van der Waals surface area (Å²) in [5.41, 5.74) is 6.57. The van der Waals surface area contributed by atoms with Gasteiger partial charge in [0.15, 0.2) is 0 Å². The second kappa shape index (κ2) is 5.94. The van der Waals surface area contributed by atoms with E-state index in [-0.39, 0.29) is 5.54 Å². The van der Waals surface area contributed by atoms with Gasteiger partial charge in [-0.2, -0.15) is 0 Å². The molecule has 3 nitrogen and oxygen atoms in total. The van der Waals surface area contributed by atoms with Crippen molar-refractivity contribution in [1.82, 2.24) is 9.80 Å². The maximum Gasteiger partial charge on any atom is 0.0358 e. The molecule has 0 radical (unpaired) electrons. The molecule has 2 saturated heterocycles. The highest BCUT2D eigenvalue weighted by atomic mass is 15.3. The zero-order valence-corrected chi connectivity index (χ0v) is 13.5. The maximum absolute atomic E-state index is 6.28. The van der Waals surface area contributed by atoms with Crippen LogP contribution in [0.2, 0.25) is 0 Å². The average molecular weight is 279 g/mol. The van der Waals surface area contributed by atoms with Crippen LogP contribution in [0.3, 0.4) is 0 Å². The van der Waals surface area contributed by atoms with Crippen LogP contribution in [-0.4, -0.2) is 54.6 Å². The Morgan fingerprint density at radius 3 is 2.20 bits per heavy atom. The monoisotopic (exact) mass is 279 g/mol. The highest BCUT2D eigenvalue weighted by Gasteiger charge is 2.48. The first kappa shape index (κ1) is 14.8. The van der Waals surface area contributed by atoms with Crippen molar-refractivity contribution in [2.24, 2.45) is 11.7 Å². The van der Waals surface area contributed by atoms with Gasteiger partial charge in [-0.05, 0) is 58.5 Å². The third kappa shape index (κ3) is 2.65. The molecule has 3 rings (SSSR count). The normalized spacial score (nSPS) is 39.6. The van der Waals surface area contributed by atoms with Gasteiger partial charge in [0.2, 0.25) is 0 Å². The minimum atomic E-state index is 0.287. The van der Waals surface area contributed by atoms with Gasteiger partial charge in [0.1, 0.15) is 0 Å². The van der Waals surface area contributed by atoms with Gasteiger partial charge in [-0.25, -0.2) is 0 Å². The molecule has 0 aromatic carbocycles. The third-order valence-electron chi connectivity index (χ3n) is 6.66. The van der Waals surface area contributed by atoms with Gasteiger partial charge in [0, 0.05) is 30.7 Å². The molecule has 0 aromatic rings. The topological polar surface area (TPSA) is 32.5 Å². The molecular weight excluding hydrogens is 246 g/mol. The number of hydrogen-bond donors (Lipinski definition) is 1. The number of hydrogen-bond acceptors (Lipinski definition) is 3. The van der Waals surface area contributed by atoms with Gasteiger partial charge >= 0.3 is 0 Å². The number of fused-ring (bicyclic) bond motifs is 2. The average Bonchev–Trinajstić information content (AvgIpc) is 2.70. The highest BCUT2D eigenvalue weighted by molar-refractivity contribution is 5.06. The summed E-state index contributed by atoms with van der Waals surface area (Å²) in [6.07, 6.45) is 12.6. The van der Waals surface area contributed by atoms with E-state index in [1.54, 1.807) is 0 Å². The van der Waals surface area contributed by atoms with E-state index in [9.17, 15) is 0 Å². The Labute approximate surface area is 124 Å². The van der Waals surface area contributed by atoms with Crippen molar-refractivity contribution in [1.29, 1.82) is 0 Å². The molecule has 0 aromatic heterocycles. The molecule has 2 N–H and O–H groups in total. The van der Waals surface area contributed by atoms with Crippen LogP contribution in [0.25, 0.3) is 0 Å². The minimum Gasteiger partial charge on any atom is -0.329 e. The lowest BCUT2D eigenvalue weighted by Gasteiger charge is -2.50. The van der Waals surface area contributed by atoms with Gasteiger partial charge in [-0.1, -0.05) is 19.3 Å². The van der Waals surface area contributed by atoms with E-state index >= 15 is 0 Å². The summed E-state index contributed by atoms with van der Waals surface area (Å²) in [6, 6.07) is 1.57. The van der Waals surface area contributed by atoms with Crippen molar-refractivity contribution >= 4 is 0 Å². The fraction of sp³-hybridized carbons (Fsp3) is 1.00. The summed E-state index contributed by atoms with van der Waals surface area (Å²) >= 11 is 0. The van der Waals surface area contributed by atoms with E-state index in [1.165, 1.54) is 64.3 Å². The van der Waals surface area contributed by atoms with Crippen LogP contribution in [-0.2, 0) is 0 Å². The molecule has 3 fully saturated rings. The van der Waals surface area contributed by atoms with Crippen LogP contribution < -0.4 is 5.73 Å². The van der Waals surface area contributed by atoms with Gasteiger partial charge < -0.3 is 10.6 Å². The molecule has 1 aliphatic carbocycles. The zero-order chi connectivity index (χ0) is 14.2. The van der Waals surface area contributed by atoms with Crippen molar-refractivity contribution in [2.75, 3.05) is 27.2 Å². The number of piperidine rings is 1. The minimum absolute atomic E-state index is 0.287. The maximum atomic E-state index is 6.28. The molecule has 3 aliphatic rings. The van der Waals surface area contributed by atoms with Crippen molar-refractivity contribution in [3.8, 4) is 0 Å². The SMILES string of the molecule is CN1C2CCC1CC(CN)(N(C)CC1CCCCC1)C2. The first-order valence-electron chi connectivity index (χ1n) is 8.78. The first-order valence-corrected chi connectivity index (χ1v) is 8.78. The predicted molar refractivity (Wildman–Crippen MR) is 84.8 cm³/mol. The third-order valence-corrected chi connectivity index (χ3v) is 6.66. The summed E-state index contributed by atoms with van der Waals surface area (Å²) in [4.78, 5) is 5.30. The fourth-order valence-corrected chi connectivity index (χ4v) is 5.13. The Kier molecular flexibility index (Phi) is 4.40. The molecule has 2 heterocycles. The lowest BCUT2D eigenvalue weighted by molar-refractivity contribution is 0.00547. The van der Waals surface area contributed by atoms with Gasteiger partial charge in [0.05, 0.1) is 0 Å². The Morgan fingerprint density at radius 2 is 1.65 bits per heavy atom. The van der Waals surface area contributed by atoms with E-state index in [2.05, 4.69) is 23.9 Å². The number of likely N-dealkylation sites (N-methyl/N-ethyl adjacent to an activating group) is 1. The van der Waals surface area contributed by atoms with E-state index < -0.39 is 0 Å². The molecule has 3 heteroatoms. The molecule has 2 unspecified atom stereocenters. The number of nitrogens with two attached hydrogens (primary N) is 1.